The fourth-order valence-electron chi connectivity index (χ4n) is 2.12. The van der Waals surface area contributed by atoms with Crippen LogP contribution in [-0.4, -0.2) is 31.9 Å². The molecule has 108 valence electrons. The molecule has 0 aliphatic carbocycles. The molecule has 0 atom stereocenters. The van der Waals surface area contributed by atoms with Gasteiger partial charge in [-0.05, 0) is 31.0 Å². The smallest absolute Gasteiger partial charge is 0.335 e. The molecule has 7 heteroatoms. The third-order valence-electron chi connectivity index (χ3n) is 2.97. The third-order valence-corrected chi connectivity index (χ3v) is 4.35. The second-order valence-corrected chi connectivity index (χ2v) is 6.68. The second kappa shape index (κ2) is 4.90. The first-order valence-electron chi connectivity index (χ1n) is 6.19. The summed E-state index contributed by atoms with van der Waals surface area (Å²) in [5.74, 6) is -0.452. The number of nitrogens with zero attached hydrogens (tertiary/aromatic N) is 2. The minimum Gasteiger partial charge on any atom is -0.478 e. The van der Waals surface area contributed by atoms with Crippen molar-refractivity contribution in [1.82, 2.24) is 0 Å². The van der Waals surface area contributed by atoms with Gasteiger partial charge in [0.25, 0.3) is 10.0 Å². The van der Waals surface area contributed by atoms with Crippen LogP contribution in [0.15, 0.2) is 27.5 Å². The quantitative estimate of drug-likeness (QED) is 0.921. The number of aromatic carboxylic acids is 1. The highest BCUT2D eigenvalue weighted by Crippen LogP contribution is 2.32. The Kier molecular flexibility index (Phi) is 3.56. The van der Waals surface area contributed by atoms with Gasteiger partial charge in [0, 0.05) is 6.54 Å². The molecule has 0 saturated heterocycles. The van der Waals surface area contributed by atoms with Crippen molar-refractivity contribution in [3.05, 3.63) is 23.8 Å². The monoisotopic (exact) mass is 296 g/mol. The van der Waals surface area contributed by atoms with Crippen LogP contribution in [0.3, 0.4) is 0 Å². The highest BCUT2D eigenvalue weighted by Gasteiger charge is 2.30. The predicted molar refractivity (Wildman–Crippen MR) is 75.9 cm³/mol. The first kappa shape index (κ1) is 14.5. The number of hydrogen-bond acceptors (Lipinski definition) is 4. The Bertz CT molecular complexity index is 692. The molecule has 1 aromatic carbocycles. The summed E-state index contributed by atoms with van der Waals surface area (Å²) in [4.78, 5) is 12.7. The van der Waals surface area contributed by atoms with E-state index in [2.05, 4.69) is 4.40 Å². The van der Waals surface area contributed by atoms with E-state index in [1.807, 2.05) is 13.8 Å². The van der Waals surface area contributed by atoms with E-state index < -0.39 is 16.0 Å². The summed E-state index contributed by atoms with van der Waals surface area (Å²) in [6.45, 7) is 6.28. The van der Waals surface area contributed by atoms with Crippen LogP contribution >= 0.6 is 0 Å². The average molecular weight is 296 g/mol. The molecule has 20 heavy (non-hydrogen) atoms. The van der Waals surface area contributed by atoms with E-state index in [1.165, 1.54) is 12.1 Å². The van der Waals surface area contributed by atoms with Crippen LogP contribution < -0.4 is 4.90 Å². The van der Waals surface area contributed by atoms with E-state index in [-0.39, 0.29) is 10.5 Å². The normalized spacial score (nSPS) is 16.8. The highest BCUT2D eigenvalue weighted by atomic mass is 32.2. The van der Waals surface area contributed by atoms with Crippen molar-refractivity contribution in [2.45, 2.75) is 25.7 Å². The molecule has 1 heterocycles. The van der Waals surface area contributed by atoms with Crippen LogP contribution in [0, 0.1) is 5.92 Å². The van der Waals surface area contributed by atoms with Gasteiger partial charge in [0.1, 0.15) is 10.7 Å². The number of hydrogen-bond donors (Lipinski definition) is 1. The second-order valence-electron chi connectivity index (χ2n) is 5.11. The minimum atomic E-state index is -3.83. The number of sulfonamides is 1. The molecule has 0 spiro atoms. The van der Waals surface area contributed by atoms with E-state index in [9.17, 15) is 13.2 Å². The van der Waals surface area contributed by atoms with Gasteiger partial charge in [0.15, 0.2) is 0 Å². The number of carboxylic acids is 1. The van der Waals surface area contributed by atoms with Gasteiger partial charge in [-0.2, -0.15) is 8.42 Å². The van der Waals surface area contributed by atoms with Gasteiger partial charge in [-0.1, -0.05) is 13.8 Å². The molecule has 0 unspecified atom stereocenters. The number of amidine groups is 1. The summed E-state index contributed by atoms with van der Waals surface area (Å²) < 4.78 is 27.9. The van der Waals surface area contributed by atoms with Crippen LogP contribution in [0.4, 0.5) is 5.69 Å². The molecule has 0 fully saturated rings. The average Bonchev–Trinajstić information content (AvgIpc) is 2.33. The number of fused-ring (bicyclic) bond motifs is 1. The van der Waals surface area contributed by atoms with E-state index in [1.54, 1.807) is 11.8 Å². The fourth-order valence-corrected chi connectivity index (χ4v) is 3.38. The number of carboxylic acid groups (broad SMARTS) is 1. The zero-order valence-electron chi connectivity index (χ0n) is 11.5. The molecule has 6 nitrogen and oxygen atoms in total. The molecule has 0 amide bonds. The van der Waals surface area contributed by atoms with Gasteiger partial charge in [-0.3, -0.25) is 0 Å². The van der Waals surface area contributed by atoms with E-state index in [0.29, 0.717) is 24.0 Å². The maximum absolute atomic E-state index is 12.1. The molecule has 0 aromatic heterocycles. The Morgan fingerprint density at radius 2 is 2.05 bits per heavy atom. The SMILES string of the molecule is CC1=NS(=O)(=O)c2cc(C(=O)O)ccc2N1CC(C)C. The molecule has 1 aliphatic rings. The van der Waals surface area contributed by atoms with Crippen LogP contribution in [0.25, 0.3) is 0 Å². The summed E-state index contributed by atoms with van der Waals surface area (Å²) in [5, 5.41) is 8.98. The third kappa shape index (κ3) is 2.53. The van der Waals surface area contributed by atoms with Crippen molar-refractivity contribution in [2.24, 2.45) is 10.3 Å². The van der Waals surface area contributed by atoms with Gasteiger partial charge in [-0.15, -0.1) is 4.40 Å². The van der Waals surface area contributed by atoms with Crippen molar-refractivity contribution < 1.29 is 18.3 Å². The highest BCUT2D eigenvalue weighted by molar-refractivity contribution is 7.90. The van der Waals surface area contributed by atoms with Crippen LogP contribution in [0.1, 0.15) is 31.1 Å². The Hall–Kier alpha value is -1.89. The lowest BCUT2D eigenvalue weighted by atomic mass is 10.1. The topological polar surface area (TPSA) is 87.0 Å². The van der Waals surface area contributed by atoms with Crippen LogP contribution in [-0.2, 0) is 10.0 Å². The van der Waals surface area contributed by atoms with Gasteiger partial charge in [0.2, 0.25) is 0 Å². The van der Waals surface area contributed by atoms with Crippen LogP contribution in [0.5, 0.6) is 0 Å². The molecule has 1 N–H and O–H groups in total. The Balaban J connectivity index is 2.63. The fraction of sp³-hybridized carbons (Fsp3) is 0.385. The van der Waals surface area contributed by atoms with Crippen molar-refractivity contribution in [1.29, 1.82) is 0 Å². The Labute approximate surface area is 117 Å². The molecule has 2 rings (SSSR count). The van der Waals surface area contributed by atoms with Gasteiger partial charge >= 0.3 is 5.97 Å². The van der Waals surface area contributed by atoms with E-state index in [4.69, 9.17) is 5.11 Å². The van der Waals surface area contributed by atoms with E-state index >= 15 is 0 Å². The number of anilines is 1. The van der Waals surface area contributed by atoms with Crippen molar-refractivity contribution in [3.8, 4) is 0 Å². The summed E-state index contributed by atoms with van der Waals surface area (Å²) in [7, 11) is -3.83. The van der Waals surface area contributed by atoms with Crippen molar-refractivity contribution in [3.63, 3.8) is 0 Å². The summed E-state index contributed by atoms with van der Waals surface area (Å²) in [6, 6.07) is 4.09. The lowest BCUT2D eigenvalue weighted by Gasteiger charge is -2.30. The van der Waals surface area contributed by atoms with Crippen LogP contribution in [0.2, 0.25) is 0 Å². The van der Waals surface area contributed by atoms with Gasteiger partial charge < -0.3 is 10.0 Å². The van der Waals surface area contributed by atoms with Crippen molar-refractivity contribution >= 4 is 27.5 Å². The van der Waals surface area contributed by atoms with Gasteiger partial charge in [0.05, 0.1) is 11.3 Å². The molecule has 1 aliphatic heterocycles. The zero-order valence-corrected chi connectivity index (χ0v) is 12.3. The first-order valence-corrected chi connectivity index (χ1v) is 7.63. The standard InChI is InChI=1S/C13H16N2O4S/c1-8(2)7-15-9(3)14-20(18,19)12-6-10(13(16)17)4-5-11(12)15/h4-6,8H,7H2,1-3H3,(H,16,17). The lowest BCUT2D eigenvalue weighted by Crippen LogP contribution is -2.36. The van der Waals surface area contributed by atoms with Gasteiger partial charge in [-0.25, -0.2) is 4.79 Å². The number of carbonyl (C=O) groups is 1. The molecule has 0 bridgehead atoms. The molecule has 1 aromatic rings. The molecular formula is C13H16N2O4S. The summed E-state index contributed by atoms with van der Waals surface area (Å²) in [5.41, 5.74) is 0.419. The first-order chi connectivity index (χ1) is 9.22. The molecule has 0 saturated carbocycles. The molecular weight excluding hydrogens is 280 g/mol. The Morgan fingerprint density at radius 3 is 2.60 bits per heavy atom. The largest absolute Gasteiger partial charge is 0.478 e. The lowest BCUT2D eigenvalue weighted by molar-refractivity contribution is 0.0696. The Morgan fingerprint density at radius 1 is 1.40 bits per heavy atom. The van der Waals surface area contributed by atoms with E-state index in [0.717, 1.165) is 6.07 Å². The number of benzene rings is 1. The van der Waals surface area contributed by atoms with Crippen molar-refractivity contribution in [2.75, 3.05) is 11.4 Å². The summed E-state index contributed by atoms with van der Waals surface area (Å²) >= 11 is 0. The maximum Gasteiger partial charge on any atom is 0.335 e. The number of rotatable bonds is 3. The maximum atomic E-state index is 12.1. The predicted octanol–water partition coefficient (Wildman–Crippen LogP) is 1.97. The minimum absolute atomic E-state index is 0.0522. The molecule has 0 radical (unpaired) electrons. The summed E-state index contributed by atoms with van der Waals surface area (Å²) in [6.07, 6.45) is 0. The zero-order chi connectivity index (χ0) is 15.1.